The van der Waals surface area contributed by atoms with Crippen LogP contribution in [-0.2, 0) is 116 Å². The third kappa shape index (κ3) is 21.5. The van der Waals surface area contributed by atoms with Crippen molar-refractivity contribution in [3.63, 3.8) is 0 Å². The van der Waals surface area contributed by atoms with E-state index in [1.165, 1.54) is 14.0 Å². The van der Waals surface area contributed by atoms with Crippen LogP contribution in [0, 0.1) is 0 Å². The van der Waals surface area contributed by atoms with Crippen molar-refractivity contribution < 1.29 is 109 Å². The van der Waals surface area contributed by atoms with Gasteiger partial charge in [0.15, 0.2) is 37.4 Å². The zero-order valence-electron chi connectivity index (χ0n) is 69.3. The van der Waals surface area contributed by atoms with Crippen molar-refractivity contribution in [2.75, 3.05) is 40.6 Å². The lowest BCUT2D eigenvalue weighted by molar-refractivity contribution is -0.394. The first-order valence-corrected chi connectivity index (χ1v) is 43.5. The van der Waals surface area contributed by atoms with Crippen LogP contribution in [0.5, 0.6) is 5.75 Å². The maximum absolute atomic E-state index is 16.0. The number of benzene rings is 9. The maximum Gasteiger partial charge on any atom is 0.338 e. The van der Waals surface area contributed by atoms with Gasteiger partial charge in [-0.3, -0.25) is 24.1 Å². The molecule has 25 heteroatoms. The highest BCUT2D eigenvalue weighted by Crippen LogP contribution is 2.45. The van der Waals surface area contributed by atoms with Gasteiger partial charge in [0.1, 0.15) is 72.5 Å². The number of hydrogen-bond acceptors (Lipinski definition) is 23. The summed E-state index contributed by atoms with van der Waals surface area (Å²) in [4.78, 5) is 89.5. The van der Waals surface area contributed by atoms with Crippen LogP contribution in [0.1, 0.15) is 131 Å². The molecule has 14 rings (SSSR count). The third-order valence-electron chi connectivity index (χ3n) is 22.5. The number of rotatable bonds is 38. The molecule has 4 fully saturated rings. The number of nitrogens with zero attached hydrogens (tertiary/aromatic N) is 1. The topological polar surface area (TPSA) is 263 Å². The second kappa shape index (κ2) is 42.2. The molecule has 122 heavy (non-hydrogen) atoms. The number of ketones is 1. The molecule has 4 saturated heterocycles. The monoisotopic (exact) mass is 1680 g/mol. The number of methoxy groups -OCH3 is 2. The fraction of sp³-hybridized carbons (Fsp3) is 0.381. The fourth-order valence-corrected chi connectivity index (χ4v) is 20.9. The van der Waals surface area contributed by atoms with E-state index in [0.717, 1.165) is 37.5 Å². The second-order valence-corrected chi connectivity index (χ2v) is 36.1. The average molecular weight is 1680 g/mol. The molecule has 24 nitrogen and oxygen atoms in total. The average Bonchev–Trinajstić information content (AvgIpc) is 1.42. The van der Waals surface area contributed by atoms with Gasteiger partial charge in [0.25, 0.3) is 20.1 Å². The largest absolute Gasteiger partial charge is 0.497 e. The minimum absolute atomic E-state index is 0.0167. The Kier molecular flexibility index (Phi) is 30.4. The quantitative estimate of drug-likeness (QED) is 0.0114. The van der Waals surface area contributed by atoms with Crippen LogP contribution >= 0.6 is 0 Å². The van der Waals surface area contributed by atoms with Crippen molar-refractivity contribution in [1.29, 1.82) is 0 Å². The minimum Gasteiger partial charge on any atom is -0.497 e. The Morgan fingerprint density at radius 2 is 0.951 bits per heavy atom. The van der Waals surface area contributed by atoms with Gasteiger partial charge >= 0.3 is 17.9 Å². The van der Waals surface area contributed by atoms with Crippen LogP contribution in [-0.4, -0.2) is 181 Å². The molecule has 640 valence electrons. The van der Waals surface area contributed by atoms with Gasteiger partial charge in [-0.15, -0.1) is 0 Å². The van der Waals surface area contributed by atoms with E-state index in [1.54, 1.807) is 86.0 Å². The highest BCUT2D eigenvalue weighted by atomic mass is 28.4. The Balaban J connectivity index is 0.982. The van der Waals surface area contributed by atoms with Crippen LogP contribution < -0.4 is 15.1 Å². The van der Waals surface area contributed by atoms with E-state index in [-0.39, 0.29) is 87.5 Å². The third-order valence-corrected chi connectivity index (χ3v) is 27.5. The maximum atomic E-state index is 16.0. The smallest absolute Gasteiger partial charge is 0.338 e. The molecule has 0 unspecified atom stereocenters. The van der Waals surface area contributed by atoms with Crippen molar-refractivity contribution in [1.82, 2.24) is 4.90 Å². The van der Waals surface area contributed by atoms with Gasteiger partial charge in [0.2, 0.25) is 0 Å². The number of ether oxygens (including phenoxy) is 16. The molecule has 0 aliphatic carbocycles. The zero-order valence-corrected chi connectivity index (χ0v) is 70.3. The van der Waals surface area contributed by atoms with Crippen molar-refractivity contribution in [3.8, 4) is 5.75 Å². The predicted octanol–water partition coefficient (Wildman–Crippen LogP) is 13.5. The molecule has 0 bridgehead atoms. The summed E-state index contributed by atoms with van der Waals surface area (Å²) < 4.78 is 120. The van der Waals surface area contributed by atoms with Crippen LogP contribution in [0.15, 0.2) is 261 Å². The molecule has 0 aromatic heterocycles. The van der Waals surface area contributed by atoms with E-state index in [2.05, 4.69) is 20.8 Å². The normalized spacial score (nSPS) is 24.6. The van der Waals surface area contributed by atoms with E-state index >= 15 is 19.2 Å². The number of esters is 3. The first-order chi connectivity index (χ1) is 59.4. The first kappa shape index (κ1) is 88.0. The number of imide groups is 1. The number of hydrogen-bond donors (Lipinski definition) is 0. The molecule has 9 aromatic rings. The SMILES string of the molecule is COC(=O)CCCCCO[C@@H]1O[C@@H]2CO[C@@H](c3ccc(OC)cc3)O[C@H]2[C@H](O[C@@H]2O[C@H](CO[Si](c3ccccc3)(c3ccccc3)C(C)(C)C)[C@H](OC(=O)CCC(C)=O)[C@H](O[C@H]3O[C@H](COCc4ccccc4)[C@@H](OCc4ccccc4)[C@H](OCc4ccccc4)[C@H]3OCc3ccccc3)[C@H]2OC(=O)c2ccccc2)[C@H]1N1C(=O)c2ccccc2C1=O. The molecule has 5 aliphatic heterocycles. The summed E-state index contributed by atoms with van der Waals surface area (Å²) in [5, 5.41) is 1.04. The van der Waals surface area contributed by atoms with Crippen molar-refractivity contribution in [2.45, 2.75) is 196 Å². The van der Waals surface area contributed by atoms with Crippen LogP contribution in [0.25, 0.3) is 0 Å². The summed E-state index contributed by atoms with van der Waals surface area (Å²) >= 11 is 0. The molecule has 5 aliphatic rings. The molecule has 0 spiro atoms. The number of amides is 2. The Hall–Kier alpha value is -10.3. The molecule has 16 atom stereocenters. The number of Topliss-reactive ketones (excluding diaryl/α,β-unsaturated/α-hetero) is 1. The van der Waals surface area contributed by atoms with Gasteiger partial charge in [-0.25, -0.2) is 4.79 Å². The molecular formula is C97H105NO23Si. The lowest BCUT2D eigenvalue weighted by Gasteiger charge is -2.53. The minimum atomic E-state index is -3.72. The summed E-state index contributed by atoms with van der Waals surface area (Å²) in [6.45, 7) is 7.07. The summed E-state index contributed by atoms with van der Waals surface area (Å²) in [7, 11) is -0.845. The summed E-state index contributed by atoms with van der Waals surface area (Å²) in [5.41, 5.74) is 4.01. The summed E-state index contributed by atoms with van der Waals surface area (Å²) in [6, 6.07) is 78.2. The van der Waals surface area contributed by atoms with Crippen LogP contribution in [0.3, 0.4) is 0 Å². The summed E-state index contributed by atoms with van der Waals surface area (Å²) in [6.07, 6.45) is -21.4. The number of unbranched alkanes of at least 4 members (excludes halogenated alkanes) is 2. The van der Waals surface area contributed by atoms with E-state index in [4.69, 9.17) is 80.2 Å². The van der Waals surface area contributed by atoms with Gasteiger partial charge < -0.3 is 85.0 Å². The van der Waals surface area contributed by atoms with Crippen LogP contribution in [0.4, 0.5) is 0 Å². The number of carbonyl (C=O) groups excluding carboxylic acids is 6. The first-order valence-electron chi connectivity index (χ1n) is 41.6. The van der Waals surface area contributed by atoms with Crippen molar-refractivity contribution in [3.05, 3.63) is 305 Å². The van der Waals surface area contributed by atoms with E-state index in [1.807, 2.05) is 182 Å². The van der Waals surface area contributed by atoms with Gasteiger partial charge in [-0.05, 0) is 93.8 Å². The molecule has 0 saturated carbocycles. The van der Waals surface area contributed by atoms with E-state index < -0.39 is 148 Å². The highest BCUT2D eigenvalue weighted by Gasteiger charge is 2.63. The van der Waals surface area contributed by atoms with Crippen LogP contribution in [0.2, 0.25) is 5.04 Å². The fourth-order valence-electron chi connectivity index (χ4n) is 16.3. The molecular weight excluding hydrogens is 1580 g/mol. The predicted molar refractivity (Wildman–Crippen MR) is 450 cm³/mol. The lowest BCUT2D eigenvalue weighted by Crippen LogP contribution is -2.72. The van der Waals surface area contributed by atoms with Gasteiger partial charge in [0.05, 0.1) is 83.6 Å². The summed E-state index contributed by atoms with van der Waals surface area (Å²) in [5.74, 6) is -3.40. The van der Waals surface area contributed by atoms with Crippen molar-refractivity contribution in [2.24, 2.45) is 0 Å². The lowest BCUT2D eigenvalue weighted by atomic mass is 9.93. The number of carbonyl (C=O) groups is 6. The van der Waals surface area contributed by atoms with Gasteiger partial charge in [-0.1, -0.05) is 252 Å². The standard InChI is InChI=1S/C97H105NO23Si/c1-64(99)50-55-80(101)117-84-78(63-113-122(97(2,3)4,72-43-25-12-26-44-72)73-45-27-13-28-46-73)116-96(120-85-81(98-90(102)74-47-30-31-48-75(74)91(98)103)94(108-56-32-14-29-49-79(100)106-6)114-77-62-112-93(119-83(77)85)70-51-53-71(105-5)54-52-70)89(118-92(104)69-41-23-11-24-42-69)87(84)121-95-88(111-60-68-39-21-10-22-40-68)86(110-59-67-37-19-9-20-38-67)82(109-58-66-35-17-8-18-36-66)76(115-95)61-107-57-65-33-15-7-16-34-65/h7-13,15-28,30-31,33-48,51-54,76-78,81-89,93-96H,14,29,32,49-50,55-63H2,1-6H3/t76-,77-,78-,81-,82-,83-,84+,85-,86+,87+,88-,89-,93-,94-,95-,96+/m1/s1. The second-order valence-electron chi connectivity index (χ2n) is 31.8. The molecule has 9 aromatic carbocycles. The molecule has 2 amide bonds. The molecule has 5 heterocycles. The van der Waals surface area contributed by atoms with Gasteiger partial charge in [-0.2, -0.15) is 0 Å². The Morgan fingerprint density at radius 3 is 1.49 bits per heavy atom. The zero-order chi connectivity index (χ0) is 85.0. The van der Waals surface area contributed by atoms with E-state index in [0.29, 0.717) is 30.6 Å². The molecule has 0 N–H and O–H groups in total. The van der Waals surface area contributed by atoms with Gasteiger partial charge in [0, 0.05) is 25.0 Å². The Bertz CT molecular complexity index is 4770. The number of fused-ring (bicyclic) bond motifs is 2. The highest BCUT2D eigenvalue weighted by molar-refractivity contribution is 6.99. The Morgan fingerprint density at radius 1 is 0.451 bits per heavy atom. The Labute approximate surface area is 712 Å². The van der Waals surface area contributed by atoms with E-state index in [9.17, 15) is 9.59 Å². The van der Waals surface area contributed by atoms with Crippen molar-refractivity contribution >= 4 is 54.2 Å². The molecule has 0 radical (unpaired) electrons.